The Kier molecular flexibility index (Phi) is 7.11. The van der Waals surface area contributed by atoms with E-state index in [0.717, 1.165) is 0 Å². The lowest BCUT2D eigenvalue weighted by atomic mass is 10.1. The SMILES string of the molecule is Cc1c(NC(=O)C2COCCN2)cccc1OCC(F)(F)F.Cl. The number of ether oxygens (including phenoxy) is 2. The van der Waals surface area contributed by atoms with Crippen LogP contribution in [0.5, 0.6) is 5.75 Å². The van der Waals surface area contributed by atoms with Crippen molar-refractivity contribution in [3.63, 3.8) is 0 Å². The molecule has 0 spiro atoms. The van der Waals surface area contributed by atoms with Crippen molar-refractivity contribution in [2.75, 3.05) is 31.7 Å². The number of halogens is 4. The molecule has 130 valence electrons. The van der Waals surface area contributed by atoms with Crippen molar-refractivity contribution in [2.24, 2.45) is 0 Å². The third-order valence-electron chi connectivity index (χ3n) is 3.17. The van der Waals surface area contributed by atoms with Crippen molar-refractivity contribution in [3.05, 3.63) is 23.8 Å². The Morgan fingerprint density at radius 3 is 2.83 bits per heavy atom. The van der Waals surface area contributed by atoms with Gasteiger partial charge in [0.1, 0.15) is 11.8 Å². The van der Waals surface area contributed by atoms with E-state index in [9.17, 15) is 18.0 Å². The molecule has 0 saturated carbocycles. The molecule has 0 aromatic heterocycles. The molecule has 0 aliphatic carbocycles. The molecule has 23 heavy (non-hydrogen) atoms. The molecule has 1 fully saturated rings. The molecule has 1 heterocycles. The fourth-order valence-corrected chi connectivity index (χ4v) is 2.02. The Labute approximate surface area is 137 Å². The highest BCUT2D eigenvalue weighted by molar-refractivity contribution is 5.95. The lowest BCUT2D eigenvalue weighted by molar-refractivity contribution is -0.153. The molecule has 5 nitrogen and oxygen atoms in total. The molecule has 1 aromatic carbocycles. The number of nitrogens with one attached hydrogen (secondary N) is 2. The van der Waals surface area contributed by atoms with E-state index < -0.39 is 18.8 Å². The van der Waals surface area contributed by atoms with Gasteiger partial charge < -0.3 is 20.1 Å². The molecule has 2 rings (SSSR count). The Bertz CT molecular complexity index is 534. The normalized spacial score (nSPS) is 18.0. The quantitative estimate of drug-likeness (QED) is 0.871. The van der Waals surface area contributed by atoms with E-state index in [0.29, 0.717) is 24.4 Å². The smallest absolute Gasteiger partial charge is 0.422 e. The lowest BCUT2D eigenvalue weighted by Gasteiger charge is -2.23. The van der Waals surface area contributed by atoms with Crippen LogP contribution in [0, 0.1) is 6.92 Å². The molecule has 1 atom stereocenters. The van der Waals surface area contributed by atoms with Gasteiger partial charge in [-0.05, 0) is 19.1 Å². The van der Waals surface area contributed by atoms with Crippen LogP contribution in [0.3, 0.4) is 0 Å². The summed E-state index contributed by atoms with van der Waals surface area (Å²) in [5.41, 5.74) is 0.855. The largest absolute Gasteiger partial charge is 0.484 e. The van der Waals surface area contributed by atoms with E-state index in [-0.39, 0.29) is 30.7 Å². The fraction of sp³-hybridized carbons (Fsp3) is 0.500. The minimum absolute atomic E-state index is 0. The summed E-state index contributed by atoms with van der Waals surface area (Å²) in [5, 5.41) is 5.68. The molecule has 0 radical (unpaired) electrons. The van der Waals surface area contributed by atoms with E-state index in [1.165, 1.54) is 12.1 Å². The van der Waals surface area contributed by atoms with Crippen molar-refractivity contribution >= 4 is 24.0 Å². The maximum Gasteiger partial charge on any atom is 0.422 e. The highest BCUT2D eigenvalue weighted by Gasteiger charge is 2.29. The second-order valence-electron chi connectivity index (χ2n) is 4.90. The summed E-state index contributed by atoms with van der Waals surface area (Å²) < 4.78 is 46.6. The second kappa shape index (κ2) is 8.37. The lowest BCUT2D eigenvalue weighted by Crippen LogP contribution is -2.48. The van der Waals surface area contributed by atoms with E-state index in [1.54, 1.807) is 13.0 Å². The van der Waals surface area contributed by atoms with Gasteiger partial charge in [-0.15, -0.1) is 12.4 Å². The molecule has 1 amide bonds. The Hall–Kier alpha value is -1.51. The van der Waals surface area contributed by atoms with Gasteiger partial charge in [0.15, 0.2) is 6.61 Å². The predicted octanol–water partition coefficient (Wildman–Crippen LogP) is 2.28. The number of amides is 1. The van der Waals surface area contributed by atoms with Gasteiger partial charge in [0.2, 0.25) is 5.91 Å². The average Bonchev–Trinajstić information content (AvgIpc) is 2.48. The Morgan fingerprint density at radius 1 is 1.48 bits per heavy atom. The summed E-state index contributed by atoms with van der Waals surface area (Å²) in [6, 6.07) is 4.09. The summed E-state index contributed by atoms with van der Waals surface area (Å²) in [5.74, 6) is -0.209. The zero-order valence-corrected chi connectivity index (χ0v) is 13.2. The minimum Gasteiger partial charge on any atom is -0.484 e. The van der Waals surface area contributed by atoms with E-state index in [1.807, 2.05) is 0 Å². The number of benzene rings is 1. The number of rotatable bonds is 4. The third kappa shape index (κ3) is 5.89. The Morgan fingerprint density at radius 2 is 2.22 bits per heavy atom. The van der Waals surface area contributed by atoms with Crippen LogP contribution >= 0.6 is 12.4 Å². The number of hydrogen-bond donors (Lipinski definition) is 2. The first kappa shape index (κ1) is 19.5. The monoisotopic (exact) mass is 354 g/mol. The first-order chi connectivity index (χ1) is 10.4. The maximum atomic E-state index is 12.2. The first-order valence-corrected chi connectivity index (χ1v) is 6.78. The highest BCUT2D eigenvalue weighted by atomic mass is 35.5. The van der Waals surface area contributed by atoms with Crippen LogP contribution in [0.1, 0.15) is 5.56 Å². The summed E-state index contributed by atoms with van der Waals surface area (Å²) in [6.07, 6.45) is -4.41. The van der Waals surface area contributed by atoms with Gasteiger partial charge in [-0.3, -0.25) is 4.79 Å². The number of morpholine rings is 1. The summed E-state index contributed by atoms with van der Waals surface area (Å²) in [6.45, 7) is 1.60. The average molecular weight is 355 g/mol. The van der Waals surface area contributed by atoms with Crippen LogP contribution in [-0.2, 0) is 9.53 Å². The molecular formula is C14H18ClF3N2O3. The molecule has 0 bridgehead atoms. The molecule has 9 heteroatoms. The van der Waals surface area contributed by atoms with E-state index in [4.69, 9.17) is 9.47 Å². The van der Waals surface area contributed by atoms with Crippen molar-refractivity contribution in [1.82, 2.24) is 5.32 Å². The molecule has 1 saturated heterocycles. The Balaban J connectivity index is 0.00000264. The number of anilines is 1. The molecule has 2 N–H and O–H groups in total. The van der Waals surface area contributed by atoms with Crippen LogP contribution in [0.25, 0.3) is 0 Å². The van der Waals surface area contributed by atoms with Gasteiger partial charge in [0.05, 0.1) is 13.2 Å². The van der Waals surface area contributed by atoms with E-state index >= 15 is 0 Å². The molecule has 1 unspecified atom stereocenters. The van der Waals surface area contributed by atoms with Gasteiger partial charge in [0.25, 0.3) is 0 Å². The maximum absolute atomic E-state index is 12.2. The van der Waals surface area contributed by atoms with Gasteiger partial charge in [-0.1, -0.05) is 6.07 Å². The molecule has 1 aromatic rings. The molecule has 1 aliphatic heterocycles. The van der Waals surface area contributed by atoms with Crippen LogP contribution in [0.4, 0.5) is 18.9 Å². The second-order valence-corrected chi connectivity index (χ2v) is 4.90. The summed E-state index contributed by atoms with van der Waals surface area (Å²) >= 11 is 0. The van der Waals surface area contributed by atoms with Crippen molar-refractivity contribution in [2.45, 2.75) is 19.1 Å². The number of alkyl halides is 3. The van der Waals surface area contributed by atoms with Crippen molar-refractivity contribution in [3.8, 4) is 5.75 Å². The molecule has 1 aliphatic rings. The predicted molar refractivity (Wildman–Crippen MR) is 81.2 cm³/mol. The first-order valence-electron chi connectivity index (χ1n) is 6.78. The standard InChI is InChI=1S/C14H17F3N2O3.ClH/c1-9-10(19-13(20)11-7-21-6-5-18-11)3-2-4-12(9)22-8-14(15,16)17;/h2-4,11,18H,5-8H2,1H3,(H,19,20);1H. The van der Waals surface area contributed by atoms with Crippen LogP contribution in [-0.4, -0.2) is 44.5 Å². The van der Waals surface area contributed by atoms with Crippen LogP contribution in [0.2, 0.25) is 0 Å². The van der Waals surface area contributed by atoms with Crippen LogP contribution < -0.4 is 15.4 Å². The minimum atomic E-state index is -4.41. The zero-order chi connectivity index (χ0) is 16.2. The summed E-state index contributed by atoms with van der Waals surface area (Å²) in [4.78, 5) is 12.1. The number of carbonyl (C=O) groups is 1. The van der Waals surface area contributed by atoms with Crippen molar-refractivity contribution in [1.29, 1.82) is 0 Å². The highest BCUT2D eigenvalue weighted by Crippen LogP contribution is 2.27. The van der Waals surface area contributed by atoms with Gasteiger partial charge in [-0.2, -0.15) is 13.2 Å². The van der Waals surface area contributed by atoms with Gasteiger partial charge in [0, 0.05) is 17.8 Å². The van der Waals surface area contributed by atoms with Crippen LogP contribution in [0.15, 0.2) is 18.2 Å². The zero-order valence-electron chi connectivity index (χ0n) is 12.4. The van der Waals surface area contributed by atoms with Gasteiger partial charge >= 0.3 is 6.18 Å². The van der Waals surface area contributed by atoms with Gasteiger partial charge in [-0.25, -0.2) is 0 Å². The third-order valence-corrected chi connectivity index (χ3v) is 3.17. The molecular weight excluding hydrogens is 337 g/mol. The summed E-state index contributed by atoms with van der Waals surface area (Å²) in [7, 11) is 0. The fourth-order valence-electron chi connectivity index (χ4n) is 2.02. The number of hydrogen-bond acceptors (Lipinski definition) is 4. The number of carbonyl (C=O) groups excluding carboxylic acids is 1. The van der Waals surface area contributed by atoms with Crippen molar-refractivity contribution < 1.29 is 27.4 Å². The van der Waals surface area contributed by atoms with E-state index in [2.05, 4.69) is 10.6 Å². The topological polar surface area (TPSA) is 59.6 Å².